The van der Waals surface area contributed by atoms with Crippen LogP contribution in [-0.4, -0.2) is 105 Å². The number of aliphatic hydroxyl groups is 1. The van der Waals surface area contributed by atoms with E-state index >= 15 is 0 Å². The highest BCUT2D eigenvalue weighted by Crippen LogP contribution is 2.30. The van der Waals surface area contributed by atoms with Crippen LogP contribution in [0.4, 0.5) is 0 Å². The summed E-state index contributed by atoms with van der Waals surface area (Å²) in [6, 6.07) is 7.84. The number of fused-ring (bicyclic) bond motifs is 1. The number of aliphatic carboxylic acids is 1. The molecule has 0 fully saturated rings. The Morgan fingerprint density at radius 2 is 1.48 bits per heavy atom. The number of carbonyl (C=O) groups excluding carboxylic acids is 4. The van der Waals surface area contributed by atoms with Gasteiger partial charge in [0.15, 0.2) is 6.04 Å². The maximum absolute atomic E-state index is 13.4. The summed E-state index contributed by atoms with van der Waals surface area (Å²) >= 11 is 3.96. The van der Waals surface area contributed by atoms with Crippen molar-refractivity contribution in [3.05, 3.63) is 64.2 Å². The fraction of sp³-hybridized carbons (Fsp3) is 0.514. The molecule has 0 aromatic heterocycles. The molecule has 0 aliphatic heterocycles. The first-order valence-corrected chi connectivity index (χ1v) is 18.7. The van der Waals surface area contributed by atoms with Gasteiger partial charge < -0.3 is 42.3 Å². The molecular formula is C35H51N5O8S2. The van der Waals surface area contributed by atoms with Crippen molar-refractivity contribution in [3.63, 3.8) is 0 Å². The highest BCUT2D eigenvalue weighted by molar-refractivity contribution is 8.02. The molecule has 1 aliphatic rings. The van der Waals surface area contributed by atoms with E-state index in [0.29, 0.717) is 0 Å². The minimum Gasteiger partial charge on any atom is -0.508 e. The number of amides is 4. The third kappa shape index (κ3) is 13.2. The van der Waals surface area contributed by atoms with E-state index in [1.165, 1.54) is 18.4 Å². The highest BCUT2D eigenvalue weighted by atomic mass is 32.2. The lowest BCUT2D eigenvalue weighted by atomic mass is 9.94. The second kappa shape index (κ2) is 20.2. The molecule has 9 N–H and O–H groups in total. The minimum atomic E-state index is -1.56. The molecule has 3 unspecified atom stereocenters. The Labute approximate surface area is 302 Å². The number of carboxylic acid groups (broad SMARTS) is 1. The first-order chi connectivity index (χ1) is 23.5. The molecule has 2 aromatic rings. The van der Waals surface area contributed by atoms with E-state index in [2.05, 4.69) is 41.4 Å². The summed E-state index contributed by atoms with van der Waals surface area (Å²) in [4.78, 5) is 62.6. The number of hydrogen-bond donors (Lipinski definition) is 8. The SMILES string of the molecule is CSCCSC(C)C.Cc1cc(O)cc(C)c1CC(N)C(=O)NCC(=O)NC1(C(=O)NCC(=O)NC(C(=O)O)C(C)O)Cc2ccccc2C1. The van der Waals surface area contributed by atoms with Gasteiger partial charge in [-0.15, -0.1) is 0 Å². The first kappa shape index (κ1) is 42.4. The second-order valence-electron chi connectivity index (χ2n) is 12.6. The van der Waals surface area contributed by atoms with Crippen molar-refractivity contribution in [1.29, 1.82) is 0 Å². The summed E-state index contributed by atoms with van der Waals surface area (Å²) in [5, 5.41) is 39.1. The van der Waals surface area contributed by atoms with Gasteiger partial charge in [0.25, 0.3) is 0 Å². The number of carbonyl (C=O) groups is 5. The van der Waals surface area contributed by atoms with Gasteiger partial charge in [-0.2, -0.15) is 23.5 Å². The fourth-order valence-corrected chi connectivity index (χ4v) is 6.97. The lowest BCUT2D eigenvalue weighted by Crippen LogP contribution is -2.62. The number of aliphatic hydroxyl groups excluding tert-OH is 1. The number of phenols is 1. The maximum atomic E-state index is 13.4. The molecular weight excluding hydrogens is 683 g/mol. The van der Waals surface area contributed by atoms with Crippen molar-refractivity contribution in [1.82, 2.24) is 21.3 Å². The van der Waals surface area contributed by atoms with Crippen LogP contribution in [0.15, 0.2) is 36.4 Å². The van der Waals surface area contributed by atoms with Gasteiger partial charge >= 0.3 is 5.97 Å². The number of carboxylic acids is 1. The third-order valence-electron chi connectivity index (χ3n) is 7.99. The number of aryl methyl sites for hydroxylation is 2. The molecule has 1 aliphatic carbocycles. The summed E-state index contributed by atoms with van der Waals surface area (Å²) < 4.78 is 0. The Hall–Kier alpha value is -3.79. The van der Waals surface area contributed by atoms with E-state index in [-0.39, 0.29) is 25.0 Å². The van der Waals surface area contributed by atoms with Gasteiger partial charge in [0.05, 0.1) is 25.2 Å². The minimum absolute atomic E-state index is 0.111. The van der Waals surface area contributed by atoms with E-state index < -0.39 is 66.4 Å². The quantitative estimate of drug-likeness (QED) is 0.115. The average Bonchev–Trinajstić information content (AvgIpc) is 3.42. The van der Waals surface area contributed by atoms with Crippen molar-refractivity contribution in [2.45, 2.75) is 82.9 Å². The number of hydrogen-bond acceptors (Lipinski definition) is 10. The second-order valence-corrected chi connectivity index (χ2v) is 15.2. The molecule has 0 heterocycles. The van der Waals surface area contributed by atoms with Gasteiger partial charge in [-0.05, 0) is 78.6 Å². The summed E-state index contributed by atoms with van der Waals surface area (Å²) in [6.07, 6.45) is 1.23. The summed E-state index contributed by atoms with van der Waals surface area (Å²) in [7, 11) is 0. The molecule has 0 spiro atoms. The largest absolute Gasteiger partial charge is 0.508 e. The monoisotopic (exact) mass is 733 g/mol. The molecule has 3 rings (SSSR count). The van der Waals surface area contributed by atoms with Crippen LogP contribution in [0.3, 0.4) is 0 Å². The van der Waals surface area contributed by atoms with Crippen LogP contribution in [0.25, 0.3) is 0 Å². The van der Waals surface area contributed by atoms with Crippen molar-refractivity contribution in [2.75, 3.05) is 30.9 Å². The average molecular weight is 734 g/mol. The number of thioether (sulfide) groups is 2. The van der Waals surface area contributed by atoms with Crippen molar-refractivity contribution in [2.24, 2.45) is 5.73 Å². The first-order valence-electron chi connectivity index (χ1n) is 16.3. The number of phenolic OH excluding ortho intramolecular Hbond substituents is 1. The summed E-state index contributed by atoms with van der Waals surface area (Å²) in [5.41, 5.74) is 8.63. The molecule has 276 valence electrons. The van der Waals surface area contributed by atoms with Gasteiger partial charge in [0, 0.05) is 24.3 Å². The van der Waals surface area contributed by atoms with E-state index in [1.54, 1.807) is 38.1 Å². The Morgan fingerprint density at radius 3 is 1.98 bits per heavy atom. The van der Waals surface area contributed by atoms with Crippen LogP contribution in [-0.2, 0) is 43.2 Å². The zero-order valence-corrected chi connectivity index (χ0v) is 31.1. The van der Waals surface area contributed by atoms with E-state index in [9.17, 15) is 34.2 Å². The van der Waals surface area contributed by atoms with Crippen LogP contribution in [0.5, 0.6) is 5.75 Å². The number of nitrogens with one attached hydrogen (secondary N) is 4. The lowest BCUT2D eigenvalue weighted by Gasteiger charge is -2.29. The van der Waals surface area contributed by atoms with Gasteiger partial charge in [-0.1, -0.05) is 38.1 Å². The Bertz CT molecular complexity index is 1460. The van der Waals surface area contributed by atoms with Crippen LogP contribution >= 0.6 is 23.5 Å². The molecule has 50 heavy (non-hydrogen) atoms. The van der Waals surface area contributed by atoms with Crippen molar-refractivity contribution >= 4 is 53.1 Å². The standard InChI is InChI=1S/C29H37N5O8.C6H14S2/c1-15-8-20(36)9-16(2)21(15)10-22(30)26(39)31-14-24(38)34-29(11-18-6-4-5-7-19(18)12-29)28(42)32-13-23(37)33-25(17(3)35)27(40)41;1-6(2)8-5-4-7-3/h4-9,17,22,25,35-36H,10-14,30H2,1-3H3,(H,31,39)(H,32,42)(H,33,37)(H,34,38)(H,40,41);6H,4-5H2,1-3H3. The number of rotatable bonds is 16. The Morgan fingerprint density at radius 1 is 0.920 bits per heavy atom. The molecule has 0 saturated heterocycles. The van der Waals surface area contributed by atoms with Crippen LogP contribution in [0.1, 0.15) is 48.6 Å². The normalized spacial score (nSPS) is 14.7. The topological polar surface area (TPSA) is 220 Å². The highest BCUT2D eigenvalue weighted by Gasteiger charge is 2.45. The van der Waals surface area contributed by atoms with E-state index in [0.717, 1.165) is 33.1 Å². The Kier molecular flexibility index (Phi) is 17.1. The molecule has 3 atom stereocenters. The lowest BCUT2D eigenvalue weighted by molar-refractivity contribution is -0.144. The van der Waals surface area contributed by atoms with Crippen LogP contribution in [0, 0.1) is 13.8 Å². The van der Waals surface area contributed by atoms with Crippen molar-refractivity contribution in [3.8, 4) is 5.75 Å². The predicted molar refractivity (Wildman–Crippen MR) is 197 cm³/mol. The van der Waals surface area contributed by atoms with E-state index in [1.807, 2.05) is 35.7 Å². The number of nitrogens with two attached hydrogens (primary N) is 1. The zero-order valence-electron chi connectivity index (χ0n) is 29.5. The predicted octanol–water partition coefficient (Wildman–Crippen LogP) is 1.21. The number of benzene rings is 2. The molecule has 0 bridgehead atoms. The molecule has 2 aromatic carbocycles. The molecule has 15 heteroatoms. The smallest absolute Gasteiger partial charge is 0.328 e. The molecule has 4 amide bonds. The van der Waals surface area contributed by atoms with Crippen LogP contribution in [0.2, 0.25) is 0 Å². The van der Waals surface area contributed by atoms with Gasteiger partial charge in [-0.25, -0.2) is 4.79 Å². The summed E-state index contributed by atoms with van der Waals surface area (Å²) in [6.45, 7) is 8.23. The van der Waals surface area contributed by atoms with E-state index in [4.69, 9.17) is 10.8 Å². The Balaban J connectivity index is 0.000000963. The number of aromatic hydroxyl groups is 1. The molecule has 0 saturated carbocycles. The molecule has 0 radical (unpaired) electrons. The molecule has 13 nitrogen and oxygen atoms in total. The van der Waals surface area contributed by atoms with Gasteiger partial charge in [0.2, 0.25) is 23.6 Å². The fourth-order valence-electron chi connectivity index (χ4n) is 5.45. The van der Waals surface area contributed by atoms with Crippen LogP contribution < -0.4 is 27.0 Å². The zero-order chi connectivity index (χ0) is 37.6. The van der Waals surface area contributed by atoms with Crippen molar-refractivity contribution < 1.29 is 39.3 Å². The van der Waals surface area contributed by atoms with Gasteiger partial charge in [-0.3, -0.25) is 19.2 Å². The van der Waals surface area contributed by atoms with Gasteiger partial charge in [0.1, 0.15) is 11.3 Å². The maximum Gasteiger partial charge on any atom is 0.328 e. The third-order valence-corrected chi connectivity index (χ3v) is 9.97. The summed E-state index contributed by atoms with van der Waals surface area (Å²) in [5.74, 6) is -1.47.